The van der Waals surface area contributed by atoms with Crippen molar-refractivity contribution < 1.29 is 4.39 Å². The van der Waals surface area contributed by atoms with E-state index in [1.165, 1.54) is 6.07 Å². The molecule has 4 rings (SSSR count). The molecule has 0 saturated carbocycles. The first-order valence-corrected chi connectivity index (χ1v) is 11.1. The highest BCUT2D eigenvalue weighted by molar-refractivity contribution is 6.30. The third-order valence-electron chi connectivity index (χ3n) is 5.81. The van der Waals surface area contributed by atoms with Crippen molar-refractivity contribution in [3.05, 3.63) is 102 Å². The zero-order chi connectivity index (χ0) is 23.4. The zero-order valence-electron chi connectivity index (χ0n) is 18.6. The van der Waals surface area contributed by atoms with Gasteiger partial charge in [0, 0.05) is 41.5 Å². The van der Waals surface area contributed by atoms with Crippen LogP contribution in [0.1, 0.15) is 25.5 Å². The number of anilines is 1. The molecule has 2 aromatic carbocycles. The van der Waals surface area contributed by atoms with E-state index in [0.717, 1.165) is 22.4 Å². The predicted octanol–water partition coefficient (Wildman–Crippen LogP) is 6.74. The average molecular weight is 461 g/mol. The summed E-state index contributed by atoms with van der Waals surface area (Å²) in [5, 5.41) is 3.53. The number of nitrogens with zero attached hydrogens (tertiary/aromatic N) is 2. The van der Waals surface area contributed by atoms with Crippen LogP contribution >= 0.6 is 11.6 Å². The maximum absolute atomic E-state index is 14.2. The van der Waals surface area contributed by atoms with Gasteiger partial charge in [-0.15, -0.1) is 0 Å². The van der Waals surface area contributed by atoms with Gasteiger partial charge in [-0.2, -0.15) is 0 Å². The van der Waals surface area contributed by atoms with Crippen LogP contribution in [0.5, 0.6) is 0 Å². The Hall–Kier alpha value is -3.28. The van der Waals surface area contributed by atoms with Crippen molar-refractivity contribution in [2.75, 3.05) is 11.9 Å². The Morgan fingerprint density at radius 2 is 1.70 bits per heavy atom. The van der Waals surface area contributed by atoms with Crippen LogP contribution in [0.3, 0.4) is 0 Å². The Labute approximate surface area is 198 Å². The Kier molecular flexibility index (Phi) is 6.72. The Morgan fingerprint density at radius 3 is 2.39 bits per heavy atom. The third-order valence-corrected chi connectivity index (χ3v) is 6.11. The number of nitrogens with one attached hydrogen (secondary N) is 1. The number of pyridine rings is 2. The summed E-state index contributed by atoms with van der Waals surface area (Å²) in [5.74, 6) is 0.252. The number of aromatic nitrogens is 2. The topological polar surface area (TPSA) is 63.8 Å². The third kappa shape index (κ3) is 5.21. The van der Waals surface area contributed by atoms with Gasteiger partial charge in [-0.25, -0.2) is 9.37 Å². The van der Waals surface area contributed by atoms with Crippen LogP contribution in [0.2, 0.25) is 5.02 Å². The lowest BCUT2D eigenvalue weighted by Gasteiger charge is -2.32. The van der Waals surface area contributed by atoms with Gasteiger partial charge in [0.2, 0.25) is 0 Å². The molecule has 0 bridgehead atoms. The van der Waals surface area contributed by atoms with E-state index in [-0.39, 0.29) is 16.5 Å². The molecule has 2 heterocycles. The van der Waals surface area contributed by atoms with E-state index in [0.29, 0.717) is 17.9 Å². The SMILES string of the molecule is CC(C)(CNc1ccc(-c2ccc(Cl)c(F)c2)c(-c2ccncc2)n1)C(N)c1ccccc1. The molecule has 0 fully saturated rings. The molecule has 0 aliphatic heterocycles. The van der Waals surface area contributed by atoms with Gasteiger partial charge in [0.25, 0.3) is 0 Å². The van der Waals surface area contributed by atoms with Crippen molar-refractivity contribution in [3.63, 3.8) is 0 Å². The van der Waals surface area contributed by atoms with Gasteiger partial charge < -0.3 is 11.1 Å². The molecule has 3 N–H and O–H groups in total. The monoisotopic (exact) mass is 460 g/mol. The molecule has 4 nitrogen and oxygen atoms in total. The van der Waals surface area contributed by atoms with E-state index in [1.807, 2.05) is 54.6 Å². The van der Waals surface area contributed by atoms with Crippen molar-refractivity contribution in [2.45, 2.75) is 19.9 Å². The minimum Gasteiger partial charge on any atom is -0.369 e. The van der Waals surface area contributed by atoms with Crippen molar-refractivity contribution in [1.82, 2.24) is 9.97 Å². The van der Waals surface area contributed by atoms with Crippen LogP contribution in [-0.4, -0.2) is 16.5 Å². The molecule has 1 unspecified atom stereocenters. The number of nitrogens with two attached hydrogens (primary N) is 1. The molecule has 0 saturated heterocycles. The molecule has 33 heavy (non-hydrogen) atoms. The maximum atomic E-state index is 14.2. The van der Waals surface area contributed by atoms with Gasteiger partial charge in [0.05, 0.1) is 10.7 Å². The summed E-state index contributed by atoms with van der Waals surface area (Å²) in [5.41, 5.74) is 10.6. The second-order valence-corrected chi connectivity index (χ2v) is 9.10. The first-order valence-electron chi connectivity index (χ1n) is 10.8. The number of benzene rings is 2. The summed E-state index contributed by atoms with van der Waals surface area (Å²) in [6.07, 6.45) is 3.43. The largest absolute Gasteiger partial charge is 0.369 e. The number of rotatable bonds is 7. The van der Waals surface area contributed by atoms with Crippen molar-refractivity contribution >= 4 is 17.4 Å². The molecule has 0 aliphatic carbocycles. The van der Waals surface area contributed by atoms with Crippen LogP contribution in [0, 0.1) is 11.2 Å². The van der Waals surface area contributed by atoms with Crippen molar-refractivity contribution in [3.8, 4) is 22.4 Å². The summed E-state index contributed by atoms with van der Waals surface area (Å²) >= 11 is 5.88. The summed E-state index contributed by atoms with van der Waals surface area (Å²) in [4.78, 5) is 8.97. The van der Waals surface area contributed by atoms with Crippen LogP contribution in [0.4, 0.5) is 10.2 Å². The van der Waals surface area contributed by atoms with E-state index >= 15 is 0 Å². The summed E-state index contributed by atoms with van der Waals surface area (Å²) < 4.78 is 14.2. The van der Waals surface area contributed by atoms with E-state index in [1.54, 1.807) is 24.5 Å². The Bertz CT molecular complexity index is 1230. The second-order valence-electron chi connectivity index (χ2n) is 8.69. The van der Waals surface area contributed by atoms with Crippen LogP contribution < -0.4 is 11.1 Å². The fourth-order valence-corrected chi connectivity index (χ4v) is 3.84. The molecule has 4 aromatic rings. The minimum absolute atomic E-state index is 0.0902. The van der Waals surface area contributed by atoms with E-state index in [4.69, 9.17) is 22.3 Å². The van der Waals surface area contributed by atoms with Gasteiger partial charge >= 0.3 is 0 Å². The van der Waals surface area contributed by atoms with Crippen LogP contribution in [-0.2, 0) is 0 Å². The summed E-state index contributed by atoms with van der Waals surface area (Å²) in [6, 6.07) is 22.3. The van der Waals surface area contributed by atoms with Crippen molar-refractivity contribution in [2.24, 2.45) is 11.1 Å². The predicted molar refractivity (Wildman–Crippen MR) is 134 cm³/mol. The summed E-state index contributed by atoms with van der Waals surface area (Å²) in [6.45, 7) is 4.89. The minimum atomic E-state index is -0.464. The zero-order valence-corrected chi connectivity index (χ0v) is 19.4. The Balaban J connectivity index is 1.64. The fraction of sp³-hybridized carbons (Fsp3) is 0.185. The number of halogens is 2. The molecule has 6 heteroatoms. The lowest BCUT2D eigenvalue weighted by atomic mass is 9.81. The highest BCUT2D eigenvalue weighted by Crippen LogP contribution is 2.35. The second kappa shape index (κ2) is 9.69. The molecular weight excluding hydrogens is 435 g/mol. The average Bonchev–Trinajstić information content (AvgIpc) is 2.85. The lowest BCUT2D eigenvalue weighted by Crippen LogP contribution is -2.35. The number of hydrogen-bond acceptors (Lipinski definition) is 4. The molecule has 0 aliphatic rings. The highest BCUT2D eigenvalue weighted by atomic mass is 35.5. The van der Waals surface area contributed by atoms with E-state index < -0.39 is 5.82 Å². The molecular formula is C27H26ClFN4. The van der Waals surface area contributed by atoms with Crippen molar-refractivity contribution in [1.29, 1.82) is 0 Å². The molecule has 2 aromatic heterocycles. The van der Waals surface area contributed by atoms with E-state index in [2.05, 4.69) is 24.1 Å². The van der Waals surface area contributed by atoms with Gasteiger partial charge in [-0.1, -0.05) is 61.8 Å². The summed E-state index contributed by atoms with van der Waals surface area (Å²) in [7, 11) is 0. The van der Waals surface area contributed by atoms with Gasteiger partial charge in [0.1, 0.15) is 11.6 Å². The quantitative estimate of drug-likeness (QED) is 0.320. The molecule has 0 radical (unpaired) electrons. The number of hydrogen-bond donors (Lipinski definition) is 2. The normalized spacial score (nSPS) is 12.4. The molecule has 0 amide bonds. The highest BCUT2D eigenvalue weighted by Gasteiger charge is 2.27. The first-order chi connectivity index (χ1) is 15.8. The van der Waals surface area contributed by atoms with Crippen LogP contribution in [0.25, 0.3) is 22.4 Å². The first kappa shape index (κ1) is 22.9. The van der Waals surface area contributed by atoms with Gasteiger partial charge in [-0.3, -0.25) is 4.98 Å². The standard InChI is InChI=1S/C27H26ClFN4/c1-27(2,26(30)19-6-4-3-5-7-19)17-32-24-11-9-21(20-8-10-22(28)23(29)16-20)25(33-24)18-12-14-31-15-13-18/h3-16,26H,17,30H2,1-2H3,(H,32,33). The fourth-order valence-electron chi connectivity index (χ4n) is 3.72. The van der Waals surface area contributed by atoms with Gasteiger partial charge in [-0.05, 0) is 47.5 Å². The molecule has 1 atom stereocenters. The van der Waals surface area contributed by atoms with Gasteiger partial charge in [0.15, 0.2) is 0 Å². The Morgan fingerprint density at radius 1 is 0.970 bits per heavy atom. The smallest absolute Gasteiger partial charge is 0.142 e. The van der Waals surface area contributed by atoms with Crippen LogP contribution in [0.15, 0.2) is 85.2 Å². The molecule has 168 valence electrons. The maximum Gasteiger partial charge on any atom is 0.142 e. The molecule has 0 spiro atoms. The lowest BCUT2D eigenvalue weighted by molar-refractivity contribution is 0.310. The van der Waals surface area contributed by atoms with E-state index in [9.17, 15) is 4.39 Å².